The molecule has 2 unspecified atom stereocenters. The highest BCUT2D eigenvalue weighted by Gasteiger charge is 2.18. The molecule has 344 valence electrons. The number of unbranched alkanes of at least 4 members (excludes halogenated alkanes) is 37. The Hall–Kier alpha value is -1.40. The van der Waals surface area contributed by atoms with E-state index in [9.17, 15) is 19.8 Å². The Labute approximate surface area is 361 Å². The Kier molecular flexibility index (Phi) is 47.1. The van der Waals surface area contributed by atoms with Gasteiger partial charge in [-0.25, -0.2) is 0 Å². The number of allylic oxidation sites excluding steroid dienone is 1. The van der Waals surface area contributed by atoms with Crippen molar-refractivity contribution in [3.05, 3.63) is 12.2 Å². The molecule has 0 spiro atoms. The van der Waals surface area contributed by atoms with E-state index in [1.807, 2.05) is 6.08 Å². The molecule has 0 radical (unpaired) electrons. The van der Waals surface area contributed by atoms with Gasteiger partial charge >= 0.3 is 5.97 Å². The van der Waals surface area contributed by atoms with Crippen LogP contribution in [-0.4, -0.2) is 47.4 Å². The first-order valence-corrected chi connectivity index (χ1v) is 26.0. The van der Waals surface area contributed by atoms with Gasteiger partial charge in [-0.3, -0.25) is 9.59 Å². The van der Waals surface area contributed by atoms with Crippen LogP contribution in [0.3, 0.4) is 0 Å². The second-order valence-corrected chi connectivity index (χ2v) is 17.9. The molecule has 0 aromatic rings. The van der Waals surface area contributed by atoms with E-state index in [0.717, 1.165) is 57.8 Å². The van der Waals surface area contributed by atoms with Crippen LogP contribution in [0.25, 0.3) is 0 Å². The molecule has 58 heavy (non-hydrogen) atoms. The summed E-state index contributed by atoms with van der Waals surface area (Å²) in [5.74, 6) is -0.0790. The lowest BCUT2D eigenvalue weighted by Gasteiger charge is -2.20. The molecule has 1 amide bonds. The van der Waals surface area contributed by atoms with Gasteiger partial charge in [0.1, 0.15) is 0 Å². The zero-order valence-electron chi connectivity index (χ0n) is 39.0. The number of ether oxygens (including phenoxy) is 1. The zero-order chi connectivity index (χ0) is 42.3. The number of amides is 1. The first-order valence-electron chi connectivity index (χ1n) is 26.0. The van der Waals surface area contributed by atoms with E-state index in [0.29, 0.717) is 19.4 Å². The van der Waals surface area contributed by atoms with Gasteiger partial charge in [0.25, 0.3) is 0 Å². The topological polar surface area (TPSA) is 95.9 Å². The fourth-order valence-corrected chi connectivity index (χ4v) is 8.05. The SMILES string of the molecule is CCCCCCCCCCCC/C=C/C(O)C(CO)NC(=O)CCCCCCCCCCCCCCCCOC(=O)CCCCCCCCCCCCCCCCC. The van der Waals surface area contributed by atoms with Crippen molar-refractivity contribution in [2.75, 3.05) is 13.2 Å². The van der Waals surface area contributed by atoms with Gasteiger partial charge in [0.15, 0.2) is 0 Å². The summed E-state index contributed by atoms with van der Waals surface area (Å²) in [7, 11) is 0. The van der Waals surface area contributed by atoms with Gasteiger partial charge in [0, 0.05) is 12.8 Å². The third kappa shape index (κ3) is 44.2. The van der Waals surface area contributed by atoms with E-state index in [1.54, 1.807) is 6.08 Å². The van der Waals surface area contributed by atoms with Gasteiger partial charge < -0.3 is 20.3 Å². The minimum atomic E-state index is -0.849. The second-order valence-electron chi connectivity index (χ2n) is 17.9. The van der Waals surface area contributed by atoms with Crippen molar-refractivity contribution in [1.82, 2.24) is 5.32 Å². The van der Waals surface area contributed by atoms with Crippen LogP contribution in [0.2, 0.25) is 0 Å². The van der Waals surface area contributed by atoms with E-state index in [4.69, 9.17) is 4.74 Å². The summed E-state index contributed by atoms with van der Waals surface area (Å²) in [6.45, 7) is 4.88. The Morgan fingerprint density at radius 2 is 0.793 bits per heavy atom. The fraction of sp³-hybridized carbons (Fsp3) is 0.923. The summed E-state index contributed by atoms with van der Waals surface area (Å²) in [5.41, 5.74) is 0. The maximum absolute atomic E-state index is 12.4. The number of carbonyl (C=O) groups is 2. The van der Waals surface area contributed by atoms with Crippen LogP contribution in [0.5, 0.6) is 0 Å². The molecule has 0 saturated carbocycles. The van der Waals surface area contributed by atoms with Gasteiger partial charge in [-0.1, -0.05) is 251 Å². The summed E-state index contributed by atoms with van der Waals surface area (Å²) in [5, 5.41) is 23.0. The number of aliphatic hydroxyl groups excluding tert-OH is 2. The average Bonchev–Trinajstić information content (AvgIpc) is 3.22. The van der Waals surface area contributed by atoms with Crippen molar-refractivity contribution in [1.29, 1.82) is 0 Å². The average molecular weight is 820 g/mol. The molecule has 0 saturated heterocycles. The molecule has 0 aliphatic heterocycles. The summed E-state index contributed by atoms with van der Waals surface area (Å²) in [6, 6.07) is -0.633. The number of carbonyl (C=O) groups excluding carboxylic acids is 2. The minimum absolute atomic E-state index is 0.000615. The molecule has 0 aromatic heterocycles. The van der Waals surface area contributed by atoms with Gasteiger partial charge in [0.05, 0.1) is 25.4 Å². The molecule has 0 fully saturated rings. The third-order valence-corrected chi connectivity index (χ3v) is 12.1. The van der Waals surface area contributed by atoms with E-state index >= 15 is 0 Å². The molecule has 0 aliphatic carbocycles. The predicted molar refractivity (Wildman–Crippen MR) is 250 cm³/mol. The van der Waals surface area contributed by atoms with Crippen LogP contribution >= 0.6 is 0 Å². The van der Waals surface area contributed by atoms with Crippen molar-refractivity contribution in [3.8, 4) is 0 Å². The smallest absolute Gasteiger partial charge is 0.305 e. The van der Waals surface area contributed by atoms with Crippen LogP contribution in [-0.2, 0) is 14.3 Å². The van der Waals surface area contributed by atoms with Crippen molar-refractivity contribution in [2.24, 2.45) is 0 Å². The van der Waals surface area contributed by atoms with E-state index in [-0.39, 0.29) is 18.5 Å². The molecule has 6 heteroatoms. The second kappa shape index (κ2) is 48.3. The van der Waals surface area contributed by atoms with Crippen molar-refractivity contribution in [3.63, 3.8) is 0 Å². The zero-order valence-corrected chi connectivity index (χ0v) is 39.0. The number of esters is 1. The molecule has 6 nitrogen and oxygen atoms in total. The lowest BCUT2D eigenvalue weighted by Crippen LogP contribution is -2.45. The van der Waals surface area contributed by atoms with Crippen LogP contribution in [0, 0.1) is 0 Å². The van der Waals surface area contributed by atoms with Crippen LogP contribution in [0.4, 0.5) is 0 Å². The third-order valence-electron chi connectivity index (χ3n) is 12.1. The van der Waals surface area contributed by atoms with Gasteiger partial charge in [-0.15, -0.1) is 0 Å². The maximum atomic E-state index is 12.4. The molecule has 0 heterocycles. The van der Waals surface area contributed by atoms with Gasteiger partial charge in [-0.2, -0.15) is 0 Å². The standard InChI is InChI=1S/C52H101NO5/c1-3-5-7-9-11-13-15-17-18-22-26-30-34-38-42-46-52(57)58-47-43-39-35-31-27-23-20-19-21-25-29-33-37-41-45-51(56)53-49(48-54)50(55)44-40-36-32-28-24-16-14-12-10-8-6-4-2/h40,44,49-50,54-55H,3-39,41-43,45-48H2,1-2H3,(H,53,56)/b44-40+. The van der Waals surface area contributed by atoms with Gasteiger partial charge in [0.2, 0.25) is 5.91 Å². The van der Waals surface area contributed by atoms with Crippen LogP contribution in [0.1, 0.15) is 284 Å². The molecule has 0 bridgehead atoms. The lowest BCUT2D eigenvalue weighted by atomic mass is 10.0. The highest BCUT2D eigenvalue weighted by molar-refractivity contribution is 5.76. The van der Waals surface area contributed by atoms with Crippen LogP contribution in [0.15, 0.2) is 12.2 Å². The van der Waals surface area contributed by atoms with Gasteiger partial charge in [-0.05, 0) is 32.1 Å². The summed E-state index contributed by atoms with van der Waals surface area (Å²) < 4.78 is 5.47. The molecule has 3 N–H and O–H groups in total. The monoisotopic (exact) mass is 820 g/mol. The first-order chi connectivity index (χ1) is 28.5. The number of hydrogen-bond donors (Lipinski definition) is 3. The van der Waals surface area contributed by atoms with E-state index in [1.165, 1.54) is 199 Å². The Morgan fingerprint density at radius 1 is 0.466 bits per heavy atom. The Bertz CT molecular complexity index is 863. The first kappa shape index (κ1) is 56.6. The lowest BCUT2D eigenvalue weighted by molar-refractivity contribution is -0.143. The number of nitrogens with one attached hydrogen (secondary N) is 1. The molecule has 0 rings (SSSR count). The largest absolute Gasteiger partial charge is 0.466 e. The fourth-order valence-electron chi connectivity index (χ4n) is 8.05. The highest BCUT2D eigenvalue weighted by atomic mass is 16.5. The van der Waals surface area contributed by atoms with Crippen molar-refractivity contribution < 1.29 is 24.5 Å². The van der Waals surface area contributed by atoms with E-state index in [2.05, 4.69) is 19.2 Å². The summed E-state index contributed by atoms with van der Waals surface area (Å²) in [6.07, 6.45) is 54.9. The molecular formula is C52H101NO5. The molecular weight excluding hydrogens is 719 g/mol. The number of hydrogen-bond acceptors (Lipinski definition) is 5. The quantitative estimate of drug-likeness (QED) is 0.0323. The maximum Gasteiger partial charge on any atom is 0.305 e. The van der Waals surface area contributed by atoms with Crippen molar-refractivity contribution in [2.45, 2.75) is 296 Å². The molecule has 0 aliphatic rings. The Morgan fingerprint density at radius 3 is 1.17 bits per heavy atom. The minimum Gasteiger partial charge on any atom is -0.466 e. The molecule has 2 atom stereocenters. The normalized spacial score (nSPS) is 12.7. The molecule has 0 aromatic carbocycles. The summed E-state index contributed by atoms with van der Waals surface area (Å²) >= 11 is 0. The van der Waals surface area contributed by atoms with E-state index < -0.39 is 12.1 Å². The number of aliphatic hydroxyl groups is 2. The predicted octanol–water partition coefficient (Wildman–Crippen LogP) is 15.3. The summed E-state index contributed by atoms with van der Waals surface area (Å²) in [4.78, 5) is 24.4. The number of rotatable bonds is 48. The van der Waals surface area contributed by atoms with Crippen LogP contribution < -0.4 is 5.32 Å². The van der Waals surface area contributed by atoms with Crippen molar-refractivity contribution >= 4 is 11.9 Å². The highest BCUT2D eigenvalue weighted by Crippen LogP contribution is 2.16. The Balaban J connectivity index is 3.44.